The Morgan fingerprint density at radius 2 is 1.73 bits per heavy atom. The molecule has 0 radical (unpaired) electrons. The summed E-state index contributed by atoms with van der Waals surface area (Å²) >= 11 is 0. The third-order valence-corrected chi connectivity index (χ3v) is 4.47. The van der Waals surface area contributed by atoms with Crippen LogP contribution in [-0.4, -0.2) is 67.5 Å². The number of anilines is 2. The number of fused-ring (bicyclic) bond motifs is 1. The van der Waals surface area contributed by atoms with Gasteiger partial charge in [0.25, 0.3) is 5.56 Å². The molecule has 0 fully saturated rings. The summed E-state index contributed by atoms with van der Waals surface area (Å²) in [6.07, 6.45) is 3.41. The van der Waals surface area contributed by atoms with Gasteiger partial charge in [0.15, 0.2) is 11.2 Å². The highest BCUT2D eigenvalue weighted by Crippen LogP contribution is 2.14. The van der Waals surface area contributed by atoms with Crippen molar-refractivity contribution in [3.8, 4) is 0 Å². The van der Waals surface area contributed by atoms with E-state index in [0.717, 1.165) is 25.1 Å². The van der Waals surface area contributed by atoms with Gasteiger partial charge in [-0.05, 0) is 31.5 Å². The Bertz CT molecular complexity index is 929. The quantitative estimate of drug-likeness (QED) is 0.323. The first-order chi connectivity index (χ1) is 13.7. The highest BCUT2D eigenvalue weighted by molar-refractivity contribution is 5.85. The molecule has 0 bridgehead atoms. The first kappa shape index (κ1) is 25.9. The number of benzene rings is 1. The molecule has 0 amide bonds. The van der Waals surface area contributed by atoms with E-state index in [2.05, 4.69) is 20.3 Å². The van der Waals surface area contributed by atoms with E-state index in [4.69, 9.17) is 10.2 Å². The maximum Gasteiger partial charge on any atom is 0.280 e. The van der Waals surface area contributed by atoms with Crippen LogP contribution in [-0.2, 0) is 6.54 Å². The Morgan fingerprint density at radius 1 is 1.03 bits per heavy atom. The molecule has 0 saturated carbocycles. The molecule has 0 unspecified atom stereocenters. The number of nitrogens with one attached hydrogen (secondary N) is 2. The second-order valence-electron chi connectivity index (χ2n) is 6.51. The molecule has 2 aromatic heterocycles. The standard InChI is InChI=1S/C19H26N6O3.2ClH/c26-12-10-24(11-13-27)8-4-5-9-25-14-20-16-17(25)22-19(23-18(16)28)21-15-6-2-1-3-7-15;;/h1-3,6-7,14,26-27H,4-5,8-13H2,(H2,21,22,23,28);2*1H. The summed E-state index contributed by atoms with van der Waals surface area (Å²) < 4.78 is 1.88. The van der Waals surface area contributed by atoms with Crippen molar-refractivity contribution < 1.29 is 10.2 Å². The second kappa shape index (κ2) is 13.2. The van der Waals surface area contributed by atoms with Gasteiger partial charge in [0.1, 0.15) is 0 Å². The molecule has 0 aliphatic rings. The smallest absolute Gasteiger partial charge is 0.280 e. The zero-order chi connectivity index (χ0) is 19.8. The summed E-state index contributed by atoms with van der Waals surface area (Å²) in [5.41, 5.74) is 1.42. The molecule has 0 atom stereocenters. The van der Waals surface area contributed by atoms with Crippen molar-refractivity contribution in [1.82, 2.24) is 24.4 Å². The van der Waals surface area contributed by atoms with Crippen molar-refractivity contribution in [2.24, 2.45) is 0 Å². The number of imidazole rings is 1. The number of unbranched alkanes of at least 4 members (excludes halogenated alkanes) is 1. The monoisotopic (exact) mass is 458 g/mol. The summed E-state index contributed by atoms with van der Waals surface area (Å²) in [7, 11) is 0. The van der Waals surface area contributed by atoms with E-state index in [1.807, 2.05) is 39.8 Å². The first-order valence-electron chi connectivity index (χ1n) is 9.42. The number of halogens is 2. The summed E-state index contributed by atoms with van der Waals surface area (Å²) in [5.74, 6) is 0.377. The molecule has 3 rings (SSSR count). The Morgan fingerprint density at radius 3 is 2.40 bits per heavy atom. The minimum absolute atomic E-state index is 0. The Labute approximate surface area is 187 Å². The van der Waals surface area contributed by atoms with Crippen LogP contribution in [0.25, 0.3) is 11.2 Å². The molecule has 166 valence electrons. The molecule has 0 aliphatic carbocycles. The number of nitrogens with zero attached hydrogens (tertiary/aromatic N) is 4. The molecule has 0 aliphatic heterocycles. The lowest BCUT2D eigenvalue weighted by molar-refractivity contribution is 0.159. The van der Waals surface area contributed by atoms with E-state index < -0.39 is 0 Å². The lowest BCUT2D eigenvalue weighted by Gasteiger charge is -2.19. The molecule has 1 aromatic carbocycles. The van der Waals surface area contributed by atoms with Crippen LogP contribution < -0.4 is 10.9 Å². The van der Waals surface area contributed by atoms with Crippen LogP contribution in [0, 0.1) is 0 Å². The van der Waals surface area contributed by atoms with Crippen LogP contribution in [0.15, 0.2) is 41.5 Å². The highest BCUT2D eigenvalue weighted by atomic mass is 35.5. The molecule has 9 nitrogen and oxygen atoms in total. The fourth-order valence-electron chi connectivity index (χ4n) is 3.07. The predicted octanol–water partition coefficient (Wildman–Crippen LogP) is 1.77. The largest absolute Gasteiger partial charge is 0.395 e. The lowest BCUT2D eigenvalue weighted by atomic mass is 10.3. The number of aromatic nitrogens is 4. The number of aryl methyl sites for hydroxylation is 1. The van der Waals surface area contributed by atoms with Crippen LogP contribution >= 0.6 is 24.8 Å². The van der Waals surface area contributed by atoms with Crippen LogP contribution in [0.3, 0.4) is 0 Å². The molecule has 0 saturated heterocycles. The van der Waals surface area contributed by atoms with Crippen molar-refractivity contribution in [3.63, 3.8) is 0 Å². The van der Waals surface area contributed by atoms with Gasteiger partial charge >= 0.3 is 0 Å². The van der Waals surface area contributed by atoms with Crippen molar-refractivity contribution >= 4 is 47.6 Å². The van der Waals surface area contributed by atoms with E-state index in [9.17, 15) is 4.79 Å². The summed E-state index contributed by atoms with van der Waals surface area (Å²) in [5, 5.41) is 21.2. The van der Waals surface area contributed by atoms with Gasteiger partial charge in [-0.15, -0.1) is 24.8 Å². The van der Waals surface area contributed by atoms with Gasteiger partial charge in [0.05, 0.1) is 19.5 Å². The second-order valence-corrected chi connectivity index (χ2v) is 6.51. The molecular weight excluding hydrogens is 431 g/mol. The van der Waals surface area contributed by atoms with Crippen molar-refractivity contribution in [2.75, 3.05) is 38.2 Å². The van der Waals surface area contributed by atoms with E-state index in [1.165, 1.54) is 0 Å². The third-order valence-electron chi connectivity index (χ3n) is 4.47. The zero-order valence-electron chi connectivity index (χ0n) is 16.5. The number of H-pyrrole nitrogens is 1. The number of hydrogen-bond donors (Lipinski definition) is 4. The SMILES string of the molecule is Cl.Cl.O=c1[nH]c(Nc2ccccc2)nc2c1ncn2CCCCN(CCO)CCO. The van der Waals surface area contributed by atoms with Gasteiger partial charge < -0.3 is 20.1 Å². The summed E-state index contributed by atoms with van der Waals surface area (Å²) in [6.45, 7) is 2.75. The molecule has 4 N–H and O–H groups in total. The molecule has 0 spiro atoms. The van der Waals surface area contributed by atoms with Gasteiger partial charge in [0, 0.05) is 25.3 Å². The summed E-state index contributed by atoms with van der Waals surface area (Å²) in [6, 6.07) is 9.51. The average molecular weight is 459 g/mol. The fourth-order valence-corrected chi connectivity index (χ4v) is 3.07. The van der Waals surface area contributed by atoms with Gasteiger partial charge in [-0.3, -0.25) is 14.7 Å². The number of aliphatic hydroxyl groups is 2. The third kappa shape index (κ3) is 6.96. The van der Waals surface area contributed by atoms with Crippen LogP contribution in [0.2, 0.25) is 0 Å². The number of rotatable bonds is 11. The first-order valence-corrected chi connectivity index (χ1v) is 9.42. The normalized spacial score (nSPS) is 10.6. The number of hydrogen-bond acceptors (Lipinski definition) is 7. The molecular formula is C19H28Cl2N6O3. The number of para-hydroxylation sites is 1. The maximum atomic E-state index is 12.3. The van der Waals surface area contributed by atoms with E-state index in [1.54, 1.807) is 6.33 Å². The topological polar surface area (TPSA) is 119 Å². The lowest BCUT2D eigenvalue weighted by Crippen LogP contribution is -2.30. The minimum atomic E-state index is -0.278. The summed E-state index contributed by atoms with van der Waals surface area (Å²) in [4.78, 5) is 25.8. The Balaban J connectivity index is 0.00000225. The van der Waals surface area contributed by atoms with E-state index in [-0.39, 0.29) is 43.6 Å². The molecule has 2 heterocycles. The number of aliphatic hydroxyl groups excluding tert-OH is 2. The van der Waals surface area contributed by atoms with Crippen molar-refractivity contribution in [3.05, 3.63) is 47.0 Å². The molecule has 30 heavy (non-hydrogen) atoms. The minimum Gasteiger partial charge on any atom is -0.395 e. The average Bonchev–Trinajstić information content (AvgIpc) is 3.10. The fraction of sp³-hybridized carbons (Fsp3) is 0.421. The van der Waals surface area contributed by atoms with Crippen molar-refractivity contribution in [1.29, 1.82) is 0 Å². The van der Waals surface area contributed by atoms with Crippen LogP contribution in [0.1, 0.15) is 12.8 Å². The van der Waals surface area contributed by atoms with Crippen LogP contribution in [0.4, 0.5) is 11.6 Å². The predicted molar refractivity (Wildman–Crippen MR) is 122 cm³/mol. The molecule has 11 heteroatoms. The van der Waals surface area contributed by atoms with Gasteiger partial charge in [-0.1, -0.05) is 18.2 Å². The van der Waals surface area contributed by atoms with Crippen molar-refractivity contribution in [2.45, 2.75) is 19.4 Å². The van der Waals surface area contributed by atoms with Gasteiger partial charge in [-0.25, -0.2) is 4.98 Å². The molecule has 3 aromatic rings. The highest BCUT2D eigenvalue weighted by Gasteiger charge is 2.11. The zero-order valence-corrected chi connectivity index (χ0v) is 18.2. The Hall–Kier alpha value is -2.17. The Kier molecular flexibility index (Phi) is 11.4. The van der Waals surface area contributed by atoms with Crippen LogP contribution in [0.5, 0.6) is 0 Å². The number of aromatic amines is 1. The van der Waals surface area contributed by atoms with E-state index in [0.29, 0.717) is 36.7 Å². The van der Waals surface area contributed by atoms with E-state index >= 15 is 0 Å². The maximum absolute atomic E-state index is 12.3. The van der Waals surface area contributed by atoms with Gasteiger partial charge in [0.2, 0.25) is 5.95 Å². The van der Waals surface area contributed by atoms with Gasteiger partial charge in [-0.2, -0.15) is 4.98 Å².